The molecule has 1 aromatic carbocycles. The van der Waals surface area contributed by atoms with E-state index in [1.165, 1.54) is 17.0 Å². The first-order valence-corrected chi connectivity index (χ1v) is 8.98. The predicted molar refractivity (Wildman–Crippen MR) is 94.5 cm³/mol. The molecule has 1 aliphatic rings. The molecule has 0 saturated carbocycles. The number of amides is 1. The molecule has 2 atom stereocenters. The van der Waals surface area contributed by atoms with Crippen LogP contribution in [0.1, 0.15) is 34.1 Å². The van der Waals surface area contributed by atoms with Crippen LogP contribution in [0.25, 0.3) is 0 Å². The summed E-state index contributed by atoms with van der Waals surface area (Å²) in [4.78, 5) is 16.0. The number of benzene rings is 1. The first kappa shape index (κ1) is 16.8. The SMILES string of the molecule is CN1CCC[C@H](CNC(=O)c2cccc(O)c2O)[C@@H]1c1cccs1. The quantitative estimate of drug-likeness (QED) is 0.744. The lowest BCUT2D eigenvalue weighted by molar-refractivity contribution is 0.0892. The van der Waals surface area contributed by atoms with Gasteiger partial charge < -0.3 is 15.5 Å². The molecule has 1 saturated heterocycles. The molecule has 0 unspecified atom stereocenters. The van der Waals surface area contributed by atoms with Crippen LogP contribution in [0.5, 0.6) is 11.5 Å². The van der Waals surface area contributed by atoms with Crippen molar-refractivity contribution in [1.29, 1.82) is 0 Å². The summed E-state index contributed by atoms with van der Waals surface area (Å²) in [6.45, 7) is 1.60. The summed E-state index contributed by atoms with van der Waals surface area (Å²) in [5.74, 6) is -0.686. The Morgan fingerprint density at radius 3 is 2.92 bits per heavy atom. The second kappa shape index (κ2) is 7.23. The van der Waals surface area contributed by atoms with E-state index < -0.39 is 0 Å². The first-order chi connectivity index (χ1) is 11.6. The Labute approximate surface area is 145 Å². The van der Waals surface area contributed by atoms with Crippen molar-refractivity contribution in [2.45, 2.75) is 18.9 Å². The topological polar surface area (TPSA) is 72.8 Å². The number of aromatic hydroxyl groups is 2. The number of nitrogens with one attached hydrogen (secondary N) is 1. The Balaban J connectivity index is 1.70. The number of nitrogens with zero attached hydrogens (tertiary/aromatic N) is 1. The molecule has 3 N–H and O–H groups in total. The van der Waals surface area contributed by atoms with Crippen molar-refractivity contribution in [3.8, 4) is 11.5 Å². The van der Waals surface area contributed by atoms with Crippen molar-refractivity contribution < 1.29 is 15.0 Å². The maximum absolute atomic E-state index is 12.3. The van der Waals surface area contributed by atoms with Crippen LogP contribution < -0.4 is 5.32 Å². The highest BCUT2D eigenvalue weighted by Crippen LogP contribution is 2.37. The van der Waals surface area contributed by atoms with Crippen molar-refractivity contribution in [2.24, 2.45) is 5.92 Å². The molecule has 0 bridgehead atoms. The Morgan fingerprint density at radius 1 is 1.33 bits per heavy atom. The van der Waals surface area contributed by atoms with Gasteiger partial charge >= 0.3 is 0 Å². The number of hydrogen-bond acceptors (Lipinski definition) is 5. The number of likely N-dealkylation sites (tertiary alicyclic amines) is 1. The Bertz CT molecular complexity index is 702. The molecule has 6 heteroatoms. The van der Waals surface area contributed by atoms with Crippen molar-refractivity contribution in [2.75, 3.05) is 20.1 Å². The number of carbonyl (C=O) groups is 1. The molecule has 2 aromatic rings. The zero-order valence-corrected chi connectivity index (χ0v) is 14.4. The normalized spacial score (nSPS) is 21.5. The summed E-state index contributed by atoms with van der Waals surface area (Å²) >= 11 is 1.74. The van der Waals surface area contributed by atoms with Crippen LogP contribution in [0.2, 0.25) is 0 Å². The molecule has 2 heterocycles. The number of para-hydroxylation sites is 1. The van der Waals surface area contributed by atoms with Gasteiger partial charge in [-0.3, -0.25) is 9.69 Å². The monoisotopic (exact) mass is 346 g/mol. The van der Waals surface area contributed by atoms with Gasteiger partial charge in [-0.25, -0.2) is 0 Å². The van der Waals surface area contributed by atoms with Crippen molar-refractivity contribution in [3.63, 3.8) is 0 Å². The van der Waals surface area contributed by atoms with Gasteiger partial charge in [-0.05, 0) is 55.9 Å². The summed E-state index contributed by atoms with van der Waals surface area (Å²) in [6, 6.07) is 8.92. The fourth-order valence-electron chi connectivity index (χ4n) is 3.42. The summed E-state index contributed by atoms with van der Waals surface area (Å²) in [5.41, 5.74) is 0.104. The molecule has 1 aliphatic heterocycles. The molecule has 1 amide bonds. The van der Waals surface area contributed by atoms with E-state index in [0.29, 0.717) is 18.5 Å². The second-order valence-corrected chi connectivity index (χ2v) is 7.21. The number of rotatable bonds is 4. The molecule has 24 heavy (non-hydrogen) atoms. The highest BCUT2D eigenvalue weighted by Gasteiger charge is 2.31. The Kier molecular flexibility index (Phi) is 5.06. The third kappa shape index (κ3) is 3.39. The fourth-order valence-corrected chi connectivity index (χ4v) is 4.40. The number of phenolic OH excluding ortho intramolecular Hbond substituents is 2. The molecule has 0 radical (unpaired) electrons. The van der Waals surface area contributed by atoms with Gasteiger partial charge in [0.25, 0.3) is 5.91 Å². The van der Waals surface area contributed by atoms with Crippen LogP contribution in [-0.4, -0.2) is 41.2 Å². The molecule has 0 aliphatic carbocycles. The van der Waals surface area contributed by atoms with Gasteiger partial charge in [0.15, 0.2) is 11.5 Å². The molecular weight excluding hydrogens is 324 g/mol. The third-order valence-corrected chi connectivity index (χ3v) is 5.57. The molecular formula is C18H22N2O3S. The van der Waals surface area contributed by atoms with Crippen LogP contribution in [0.15, 0.2) is 35.7 Å². The van der Waals surface area contributed by atoms with Crippen molar-refractivity contribution >= 4 is 17.2 Å². The average Bonchev–Trinajstić information content (AvgIpc) is 3.09. The number of hydrogen-bond donors (Lipinski definition) is 3. The number of carbonyl (C=O) groups excluding carboxylic acids is 1. The largest absolute Gasteiger partial charge is 0.504 e. The van der Waals surface area contributed by atoms with E-state index >= 15 is 0 Å². The van der Waals surface area contributed by atoms with Crippen molar-refractivity contribution in [1.82, 2.24) is 10.2 Å². The van der Waals surface area contributed by atoms with Crippen molar-refractivity contribution in [3.05, 3.63) is 46.2 Å². The summed E-state index contributed by atoms with van der Waals surface area (Å²) in [5, 5.41) is 24.4. The predicted octanol–water partition coefficient (Wildman–Crippen LogP) is 2.97. The van der Waals surface area contributed by atoms with E-state index in [-0.39, 0.29) is 23.0 Å². The minimum atomic E-state index is -0.370. The van der Waals surface area contributed by atoms with Gasteiger partial charge in [-0.2, -0.15) is 0 Å². The number of phenols is 2. The van der Waals surface area contributed by atoms with Gasteiger partial charge in [0.1, 0.15) is 0 Å². The average molecular weight is 346 g/mol. The molecule has 3 rings (SSSR count). The second-order valence-electron chi connectivity index (χ2n) is 6.23. The Hall–Kier alpha value is -2.05. The Morgan fingerprint density at radius 2 is 2.17 bits per heavy atom. The van der Waals surface area contributed by atoms with Gasteiger partial charge in [-0.15, -0.1) is 11.3 Å². The van der Waals surface area contributed by atoms with E-state index in [1.54, 1.807) is 17.4 Å². The van der Waals surface area contributed by atoms with E-state index in [2.05, 4.69) is 34.8 Å². The number of thiophene rings is 1. The molecule has 1 fully saturated rings. The lowest BCUT2D eigenvalue weighted by atomic mass is 9.88. The minimum Gasteiger partial charge on any atom is -0.504 e. The van der Waals surface area contributed by atoms with E-state index in [9.17, 15) is 15.0 Å². The third-order valence-electron chi connectivity index (χ3n) is 4.63. The van der Waals surface area contributed by atoms with Crippen LogP contribution >= 0.6 is 11.3 Å². The zero-order valence-electron chi connectivity index (χ0n) is 13.6. The lowest BCUT2D eigenvalue weighted by Gasteiger charge is -2.38. The summed E-state index contributed by atoms with van der Waals surface area (Å²) < 4.78 is 0. The molecule has 0 spiro atoms. The minimum absolute atomic E-state index is 0.104. The maximum Gasteiger partial charge on any atom is 0.255 e. The highest BCUT2D eigenvalue weighted by atomic mass is 32.1. The smallest absolute Gasteiger partial charge is 0.255 e. The summed E-state index contributed by atoms with van der Waals surface area (Å²) in [6.07, 6.45) is 2.16. The maximum atomic E-state index is 12.3. The molecule has 128 valence electrons. The zero-order chi connectivity index (χ0) is 17.1. The van der Waals surface area contributed by atoms with E-state index in [0.717, 1.165) is 19.4 Å². The van der Waals surface area contributed by atoms with E-state index in [4.69, 9.17) is 0 Å². The van der Waals surface area contributed by atoms with Gasteiger partial charge in [0, 0.05) is 17.5 Å². The van der Waals surface area contributed by atoms with Crippen LogP contribution in [-0.2, 0) is 0 Å². The van der Waals surface area contributed by atoms with Gasteiger partial charge in [0.2, 0.25) is 0 Å². The summed E-state index contributed by atoms with van der Waals surface area (Å²) in [7, 11) is 2.12. The van der Waals surface area contributed by atoms with Gasteiger partial charge in [0.05, 0.1) is 5.56 Å². The van der Waals surface area contributed by atoms with Crippen LogP contribution in [0.3, 0.4) is 0 Å². The van der Waals surface area contributed by atoms with Crippen LogP contribution in [0.4, 0.5) is 0 Å². The number of piperidine rings is 1. The van der Waals surface area contributed by atoms with Gasteiger partial charge in [-0.1, -0.05) is 12.1 Å². The molecule has 5 nitrogen and oxygen atoms in total. The first-order valence-electron chi connectivity index (χ1n) is 8.10. The van der Waals surface area contributed by atoms with E-state index in [1.807, 2.05) is 0 Å². The standard InChI is InChI=1S/C18H22N2O3S/c1-20-9-3-5-12(16(20)15-8-4-10-24-15)11-19-18(23)13-6-2-7-14(21)17(13)22/h2,4,6-8,10,12,16,21-22H,3,5,9,11H2,1H3,(H,19,23)/t12-,16-/m1/s1. The molecule has 1 aromatic heterocycles. The lowest BCUT2D eigenvalue weighted by Crippen LogP contribution is -2.41. The fraction of sp³-hybridized carbons (Fsp3) is 0.389. The highest BCUT2D eigenvalue weighted by molar-refractivity contribution is 7.10. The van der Waals surface area contributed by atoms with Crippen LogP contribution in [0, 0.1) is 5.92 Å².